The van der Waals surface area contributed by atoms with Crippen molar-refractivity contribution in [2.45, 2.75) is 18.7 Å². The number of benzene rings is 1. The summed E-state index contributed by atoms with van der Waals surface area (Å²) in [6.45, 7) is 0.623. The van der Waals surface area contributed by atoms with Gasteiger partial charge >= 0.3 is 6.18 Å². The van der Waals surface area contributed by atoms with Crippen molar-refractivity contribution in [2.75, 3.05) is 20.2 Å². The lowest BCUT2D eigenvalue weighted by Crippen LogP contribution is -2.56. The van der Waals surface area contributed by atoms with Gasteiger partial charge in [-0.3, -0.25) is 4.79 Å². The number of carbonyl (C=O) groups excluding carboxylic acids is 1. The lowest BCUT2D eigenvalue weighted by atomic mass is 10.1. The lowest BCUT2D eigenvalue weighted by molar-refractivity contribution is -0.141. The molecule has 0 bridgehead atoms. The molecule has 0 spiro atoms. The average Bonchev–Trinajstić information content (AvgIpc) is 2.57. The van der Waals surface area contributed by atoms with Crippen LogP contribution in [0, 0.1) is 0 Å². The van der Waals surface area contributed by atoms with Gasteiger partial charge in [0, 0.05) is 11.6 Å². The van der Waals surface area contributed by atoms with E-state index in [0.29, 0.717) is 18.8 Å². The Hall–Kier alpha value is -2.77. The van der Waals surface area contributed by atoms with Crippen LogP contribution in [0.15, 0.2) is 42.5 Å². The number of rotatable bonds is 5. The fourth-order valence-electron chi connectivity index (χ4n) is 2.65. The number of pyridine rings is 1. The first-order valence-corrected chi connectivity index (χ1v) is 7.97. The Balaban J connectivity index is 1.54. The SMILES string of the molecule is COc1ccccc1CC(=O)N1CC(Oc2cccc(C(F)(F)F)n2)C1. The molecule has 0 aliphatic carbocycles. The summed E-state index contributed by atoms with van der Waals surface area (Å²) in [5.41, 5.74) is -0.220. The topological polar surface area (TPSA) is 51.7 Å². The van der Waals surface area contributed by atoms with Gasteiger partial charge in [0.2, 0.25) is 11.8 Å². The molecule has 2 aromatic rings. The molecule has 0 saturated carbocycles. The summed E-state index contributed by atoms with van der Waals surface area (Å²) >= 11 is 0. The van der Waals surface area contributed by atoms with Crippen molar-refractivity contribution in [1.82, 2.24) is 9.88 Å². The minimum Gasteiger partial charge on any atom is -0.496 e. The number of hydrogen-bond acceptors (Lipinski definition) is 4. The highest BCUT2D eigenvalue weighted by atomic mass is 19.4. The molecular weight excluding hydrogens is 349 g/mol. The molecule has 3 rings (SSSR count). The highest BCUT2D eigenvalue weighted by Crippen LogP contribution is 2.29. The van der Waals surface area contributed by atoms with Gasteiger partial charge in [-0.25, -0.2) is 4.98 Å². The van der Waals surface area contributed by atoms with Gasteiger partial charge in [0.1, 0.15) is 17.5 Å². The number of aromatic nitrogens is 1. The fraction of sp³-hybridized carbons (Fsp3) is 0.333. The Kier molecular flexibility index (Phi) is 5.01. The zero-order valence-corrected chi connectivity index (χ0v) is 14.0. The number of alkyl halides is 3. The smallest absolute Gasteiger partial charge is 0.433 e. The number of hydrogen-bond donors (Lipinski definition) is 0. The van der Waals surface area contributed by atoms with Crippen LogP contribution in [-0.4, -0.2) is 42.1 Å². The van der Waals surface area contributed by atoms with Gasteiger partial charge in [-0.05, 0) is 12.1 Å². The van der Waals surface area contributed by atoms with E-state index in [1.165, 1.54) is 12.1 Å². The maximum absolute atomic E-state index is 12.7. The summed E-state index contributed by atoms with van der Waals surface area (Å²) in [6.07, 6.45) is -4.69. The van der Waals surface area contributed by atoms with Crippen LogP contribution < -0.4 is 9.47 Å². The third-order valence-electron chi connectivity index (χ3n) is 4.04. The number of ether oxygens (including phenoxy) is 2. The van der Waals surface area contributed by atoms with Crippen molar-refractivity contribution in [3.05, 3.63) is 53.7 Å². The Labute approximate surface area is 148 Å². The number of para-hydroxylation sites is 1. The van der Waals surface area contributed by atoms with Crippen LogP contribution in [-0.2, 0) is 17.4 Å². The van der Waals surface area contributed by atoms with Gasteiger partial charge in [-0.2, -0.15) is 13.2 Å². The summed E-state index contributed by atoms with van der Waals surface area (Å²) < 4.78 is 48.6. The van der Waals surface area contributed by atoms with Crippen LogP contribution in [0.25, 0.3) is 0 Å². The Morgan fingerprint density at radius 3 is 2.62 bits per heavy atom. The van der Waals surface area contributed by atoms with E-state index >= 15 is 0 Å². The summed E-state index contributed by atoms with van der Waals surface area (Å²) in [7, 11) is 1.54. The molecular formula is C18H17F3N2O3. The quantitative estimate of drug-likeness (QED) is 0.817. The van der Waals surface area contributed by atoms with Gasteiger partial charge in [-0.15, -0.1) is 0 Å². The maximum atomic E-state index is 12.7. The summed E-state index contributed by atoms with van der Waals surface area (Å²) in [5, 5.41) is 0. The summed E-state index contributed by atoms with van der Waals surface area (Å²) in [5.74, 6) is 0.454. The van der Waals surface area contributed by atoms with Crippen LogP contribution in [0.5, 0.6) is 11.6 Å². The predicted molar refractivity (Wildman–Crippen MR) is 86.9 cm³/mol. The molecule has 1 fully saturated rings. The molecule has 0 atom stereocenters. The average molecular weight is 366 g/mol. The molecule has 1 aliphatic heterocycles. The van der Waals surface area contributed by atoms with Gasteiger partial charge < -0.3 is 14.4 Å². The minimum atomic E-state index is -4.52. The molecule has 1 aliphatic rings. The van der Waals surface area contributed by atoms with Gasteiger partial charge in [0.05, 0.1) is 26.6 Å². The molecule has 138 valence electrons. The third kappa shape index (κ3) is 4.07. The van der Waals surface area contributed by atoms with Crippen molar-refractivity contribution in [3.8, 4) is 11.6 Å². The fourth-order valence-corrected chi connectivity index (χ4v) is 2.65. The van der Waals surface area contributed by atoms with Gasteiger partial charge in [-0.1, -0.05) is 24.3 Å². The monoisotopic (exact) mass is 366 g/mol. The van der Waals surface area contributed by atoms with Crippen LogP contribution in [0.3, 0.4) is 0 Å². The highest BCUT2D eigenvalue weighted by Gasteiger charge is 2.35. The van der Waals surface area contributed by atoms with Crippen molar-refractivity contribution in [3.63, 3.8) is 0 Å². The van der Waals surface area contributed by atoms with E-state index in [-0.39, 0.29) is 24.3 Å². The highest BCUT2D eigenvalue weighted by molar-refractivity contribution is 5.80. The largest absolute Gasteiger partial charge is 0.496 e. The molecule has 8 heteroatoms. The first-order valence-electron chi connectivity index (χ1n) is 7.97. The molecule has 1 saturated heterocycles. The number of halogens is 3. The standard InChI is InChI=1S/C18H17F3N2O3/c1-25-14-6-3-2-5-12(14)9-17(24)23-10-13(11-23)26-16-8-4-7-15(22-16)18(19,20)21/h2-8,13H,9-11H2,1H3. The minimum absolute atomic E-state index is 0.0913. The van der Waals surface area contributed by atoms with E-state index in [0.717, 1.165) is 11.6 Å². The van der Waals surface area contributed by atoms with E-state index in [1.54, 1.807) is 18.1 Å². The van der Waals surface area contributed by atoms with E-state index in [2.05, 4.69) is 4.98 Å². The normalized spacial score (nSPS) is 14.7. The summed E-state index contributed by atoms with van der Waals surface area (Å²) in [4.78, 5) is 17.3. The summed E-state index contributed by atoms with van der Waals surface area (Å²) in [6, 6.07) is 10.7. The molecule has 0 radical (unpaired) electrons. The number of amides is 1. The molecule has 1 aromatic heterocycles. The van der Waals surface area contributed by atoms with Crippen LogP contribution in [0.1, 0.15) is 11.3 Å². The molecule has 0 N–H and O–H groups in total. The second-order valence-electron chi connectivity index (χ2n) is 5.89. The lowest BCUT2D eigenvalue weighted by Gasteiger charge is -2.38. The molecule has 5 nitrogen and oxygen atoms in total. The van der Waals surface area contributed by atoms with Crippen LogP contribution in [0.4, 0.5) is 13.2 Å². The predicted octanol–water partition coefficient (Wildman–Crippen LogP) is 2.94. The molecule has 1 aromatic carbocycles. The molecule has 0 unspecified atom stereocenters. The Morgan fingerprint density at radius 2 is 1.92 bits per heavy atom. The second kappa shape index (κ2) is 7.23. The van der Waals surface area contributed by atoms with E-state index in [9.17, 15) is 18.0 Å². The van der Waals surface area contributed by atoms with Crippen molar-refractivity contribution in [2.24, 2.45) is 0 Å². The van der Waals surface area contributed by atoms with E-state index in [1.807, 2.05) is 18.2 Å². The van der Waals surface area contributed by atoms with Gasteiger partial charge in [0.25, 0.3) is 0 Å². The second-order valence-corrected chi connectivity index (χ2v) is 5.89. The number of likely N-dealkylation sites (tertiary alicyclic amines) is 1. The van der Waals surface area contributed by atoms with E-state index in [4.69, 9.17) is 9.47 Å². The maximum Gasteiger partial charge on any atom is 0.433 e. The molecule has 2 heterocycles. The van der Waals surface area contributed by atoms with Crippen molar-refractivity contribution in [1.29, 1.82) is 0 Å². The van der Waals surface area contributed by atoms with Crippen molar-refractivity contribution < 1.29 is 27.4 Å². The number of methoxy groups -OCH3 is 1. The first kappa shape index (κ1) is 18.0. The van der Waals surface area contributed by atoms with Crippen molar-refractivity contribution >= 4 is 5.91 Å². The number of nitrogens with zero attached hydrogens (tertiary/aromatic N) is 2. The van der Waals surface area contributed by atoms with Crippen LogP contribution in [0.2, 0.25) is 0 Å². The van der Waals surface area contributed by atoms with E-state index < -0.39 is 11.9 Å². The van der Waals surface area contributed by atoms with Gasteiger partial charge in [0.15, 0.2) is 0 Å². The zero-order chi connectivity index (χ0) is 18.7. The first-order chi connectivity index (χ1) is 12.4. The zero-order valence-electron chi connectivity index (χ0n) is 14.0. The van der Waals surface area contributed by atoms with Crippen LogP contribution >= 0.6 is 0 Å². The number of carbonyl (C=O) groups is 1. The Morgan fingerprint density at radius 1 is 1.19 bits per heavy atom. The Bertz CT molecular complexity index is 789. The molecule has 1 amide bonds. The third-order valence-corrected chi connectivity index (χ3v) is 4.04. The molecule has 26 heavy (non-hydrogen) atoms.